The van der Waals surface area contributed by atoms with Gasteiger partial charge in [-0.05, 0) is 54.7 Å². The molecule has 1 N–H and O–H groups in total. The van der Waals surface area contributed by atoms with Gasteiger partial charge < -0.3 is 15.0 Å². The van der Waals surface area contributed by atoms with Gasteiger partial charge in [0, 0.05) is 25.0 Å². The van der Waals surface area contributed by atoms with E-state index in [-0.39, 0.29) is 5.91 Å². The predicted molar refractivity (Wildman–Crippen MR) is 115 cm³/mol. The Morgan fingerprint density at radius 2 is 1.93 bits per heavy atom. The summed E-state index contributed by atoms with van der Waals surface area (Å²) in [5.74, 6) is 1.61. The lowest BCUT2D eigenvalue weighted by molar-refractivity contribution is 0.0953. The maximum Gasteiger partial charge on any atom is 0.252 e. The summed E-state index contributed by atoms with van der Waals surface area (Å²) in [7, 11) is 1.66. The summed E-state index contributed by atoms with van der Waals surface area (Å²) < 4.78 is 5.36. The molecule has 0 saturated heterocycles. The number of carbonyl (C=O) groups excluding carboxylic acids is 1. The van der Waals surface area contributed by atoms with Gasteiger partial charge in [-0.2, -0.15) is 0 Å². The van der Waals surface area contributed by atoms with Crippen molar-refractivity contribution < 1.29 is 9.53 Å². The number of anilines is 2. The zero-order valence-corrected chi connectivity index (χ0v) is 16.6. The number of fused-ring (bicyclic) bond motifs is 1. The fraction of sp³-hybridized carbons (Fsp3) is 0.250. The minimum Gasteiger partial charge on any atom is -0.496 e. The molecule has 5 heteroatoms. The average molecular weight is 387 g/mol. The molecule has 0 aliphatic carbocycles. The van der Waals surface area contributed by atoms with Crippen LogP contribution in [0.5, 0.6) is 5.75 Å². The topological polar surface area (TPSA) is 54.5 Å². The molecule has 0 unspecified atom stereocenters. The van der Waals surface area contributed by atoms with Crippen LogP contribution in [0.2, 0.25) is 0 Å². The molecular formula is C24H25N3O2. The van der Waals surface area contributed by atoms with Crippen LogP contribution in [-0.2, 0) is 12.8 Å². The van der Waals surface area contributed by atoms with E-state index in [1.54, 1.807) is 13.3 Å². The smallest absolute Gasteiger partial charge is 0.252 e. The number of hydrogen-bond donors (Lipinski definition) is 1. The molecular weight excluding hydrogens is 362 g/mol. The Labute approximate surface area is 171 Å². The van der Waals surface area contributed by atoms with Gasteiger partial charge in [-0.3, -0.25) is 4.79 Å². The van der Waals surface area contributed by atoms with Gasteiger partial charge in [-0.1, -0.05) is 36.4 Å². The van der Waals surface area contributed by atoms with Crippen molar-refractivity contribution in [2.24, 2.45) is 0 Å². The molecule has 5 nitrogen and oxygen atoms in total. The Bertz CT molecular complexity index is 985. The zero-order chi connectivity index (χ0) is 20.1. The zero-order valence-electron chi connectivity index (χ0n) is 16.6. The first-order valence-electron chi connectivity index (χ1n) is 9.98. The molecule has 4 rings (SSSR count). The second-order valence-corrected chi connectivity index (χ2v) is 7.11. The van der Waals surface area contributed by atoms with E-state index >= 15 is 0 Å². The number of methoxy groups -OCH3 is 1. The Hall–Kier alpha value is -3.34. The van der Waals surface area contributed by atoms with Crippen molar-refractivity contribution in [2.75, 3.05) is 25.1 Å². The summed E-state index contributed by atoms with van der Waals surface area (Å²) in [5, 5.41) is 2.97. The van der Waals surface area contributed by atoms with Crippen LogP contribution in [-0.4, -0.2) is 31.1 Å². The molecule has 0 atom stereocenters. The Kier molecular flexibility index (Phi) is 5.75. The van der Waals surface area contributed by atoms with Crippen LogP contribution in [0.25, 0.3) is 0 Å². The van der Waals surface area contributed by atoms with Crippen LogP contribution in [0.4, 0.5) is 11.5 Å². The molecule has 1 aliphatic rings. The van der Waals surface area contributed by atoms with Gasteiger partial charge in [0.15, 0.2) is 0 Å². The van der Waals surface area contributed by atoms with E-state index in [1.807, 2.05) is 36.4 Å². The van der Waals surface area contributed by atoms with Crippen LogP contribution in [0.15, 0.2) is 66.9 Å². The summed E-state index contributed by atoms with van der Waals surface area (Å²) >= 11 is 0. The lowest BCUT2D eigenvalue weighted by atomic mass is 10.0. The molecule has 1 aliphatic heterocycles. The van der Waals surface area contributed by atoms with Crippen molar-refractivity contribution in [1.29, 1.82) is 0 Å². The molecule has 148 valence electrons. The van der Waals surface area contributed by atoms with E-state index < -0.39 is 0 Å². The molecule has 0 fully saturated rings. The predicted octanol–water partition coefficient (Wildman–Crippen LogP) is 4.15. The number of nitrogens with one attached hydrogen (secondary N) is 1. The summed E-state index contributed by atoms with van der Waals surface area (Å²) in [5.41, 5.74) is 4.20. The van der Waals surface area contributed by atoms with Gasteiger partial charge in [-0.15, -0.1) is 0 Å². The number of pyridine rings is 1. The summed E-state index contributed by atoms with van der Waals surface area (Å²) in [6, 6.07) is 20.1. The van der Waals surface area contributed by atoms with E-state index in [1.165, 1.54) is 11.3 Å². The number of rotatable bonds is 6. The van der Waals surface area contributed by atoms with E-state index in [2.05, 4.69) is 39.5 Å². The summed E-state index contributed by atoms with van der Waals surface area (Å²) in [6.45, 7) is 1.48. The second-order valence-electron chi connectivity index (χ2n) is 7.11. The van der Waals surface area contributed by atoms with Crippen LogP contribution in [0.1, 0.15) is 27.9 Å². The van der Waals surface area contributed by atoms with Gasteiger partial charge in [0.2, 0.25) is 0 Å². The third kappa shape index (κ3) is 4.24. The highest BCUT2D eigenvalue weighted by Crippen LogP contribution is 2.32. The highest BCUT2D eigenvalue weighted by atomic mass is 16.5. The molecule has 0 saturated carbocycles. The number of hydrogen-bond acceptors (Lipinski definition) is 4. The first-order valence-corrected chi connectivity index (χ1v) is 9.98. The van der Waals surface area contributed by atoms with Crippen LogP contribution in [0.3, 0.4) is 0 Å². The van der Waals surface area contributed by atoms with E-state index in [4.69, 9.17) is 4.74 Å². The molecule has 29 heavy (non-hydrogen) atoms. The number of aromatic nitrogens is 1. The Morgan fingerprint density at radius 1 is 1.10 bits per heavy atom. The number of carbonyl (C=O) groups is 1. The van der Waals surface area contributed by atoms with Gasteiger partial charge >= 0.3 is 0 Å². The van der Waals surface area contributed by atoms with Crippen molar-refractivity contribution in [2.45, 2.75) is 19.3 Å². The lowest BCUT2D eigenvalue weighted by Gasteiger charge is -2.30. The Morgan fingerprint density at radius 3 is 2.76 bits per heavy atom. The number of nitrogens with zero attached hydrogens (tertiary/aromatic N) is 2. The van der Waals surface area contributed by atoms with E-state index in [9.17, 15) is 4.79 Å². The van der Waals surface area contributed by atoms with Gasteiger partial charge in [-0.25, -0.2) is 4.98 Å². The molecule has 0 bridgehead atoms. The Balaban J connectivity index is 1.39. The molecule has 2 heterocycles. The highest BCUT2D eigenvalue weighted by molar-refractivity contribution is 5.94. The lowest BCUT2D eigenvalue weighted by Crippen LogP contribution is -2.27. The third-order valence-electron chi connectivity index (χ3n) is 5.27. The number of aryl methyl sites for hydroxylation is 1. The average Bonchev–Trinajstić information content (AvgIpc) is 2.79. The number of ether oxygens (including phenoxy) is 1. The summed E-state index contributed by atoms with van der Waals surface area (Å²) in [6.07, 6.45) is 4.57. The van der Waals surface area contributed by atoms with Crippen LogP contribution in [0, 0.1) is 0 Å². The molecule has 0 spiro atoms. The molecule has 0 radical (unpaired) electrons. The largest absolute Gasteiger partial charge is 0.496 e. The van der Waals surface area contributed by atoms with Crippen molar-refractivity contribution >= 4 is 17.4 Å². The van der Waals surface area contributed by atoms with E-state index in [0.717, 1.165) is 36.5 Å². The minimum atomic E-state index is -0.113. The normalized spacial score (nSPS) is 12.9. The fourth-order valence-electron chi connectivity index (χ4n) is 3.77. The molecule has 2 aromatic carbocycles. The maximum atomic E-state index is 12.5. The van der Waals surface area contributed by atoms with E-state index in [0.29, 0.717) is 18.5 Å². The molecule has 1 aromatic heterocycles. The molecule has 3 aromatic rings. The second kappa shape index (κ2) is 8.78. The van der Waals surface area contributed by atoms with Crippen LogP contribution >= 0.6 is 0 Å². The SMILES string of the molecule is COc1ccccc1CCNC(=O)c1ccc(N2CCCc3ccccc32)nc1. The fourth-order valence-corrected chi connectivity index (χ4v) is 3.77. The third-order valence-corrected chi connectivity index (χ3v) is 5.27. The van der Waals surface area contributed by atoms with Crippen molar-refractivity contribution in [3.05, 3.63) is 83.6 Å². The monoisotopic (exact) mass is 387 g/mol. The quantitative estimate of drug-likeness (QED) is 0.690. The van der Waals surface area contributed by atoms with Crippen LogP contribution < -0.4 is 15.0 Å². The van der Waals surface area contributed by atoms with Crippen molar-refractivity contribution in [1.82, 2.24) is 10.3 Å². The standard InChI is InChI=1S/C24H25N3O2/c1-29-22-11-5-3-8-19(22)14-15-25-24(28)20-12-13-23(26-17-20)27-16-6-9-18-7-2-4-10-21(18)27/h2-5,7-8,10-13,17H,6,9,14-16H2,1H3,(H,25,28). The number of amides is 1. The molecule has 1 amide bonds. The maximum absolute atomic E-state index is 12.5. The minimum absolute atomic E-state index is 0.113. The van der Waals surface area contributed by atoms with Crippen molar-refractivity contribution in [3.8, 4) is 5.75 Å². The summed E-state index contributed by atoms with van der Waals surface area (Å²) in [4.78, 5) is 19.3. The first-order chi connectivity index (χ1) is 14.3. The highest BCUT2D eigenvalue weighted by Gasteiger charge is 2.19. The van der Waals surface area contributed by atoms with Gasteiger partial charge in [0.25, 0.3) is 5.91 Å². The van der Waals surface area contributed by atoms with Gasteiger partial charge in [0.05, 0.1) is 12.7 Å². The van der Waals surface area contributed by atoms with Gasteiger partial charge in [0.1, 0.15) is 11.6 Å². The van der Waals surface area contributed by atoms with Crippen molar-refractivity contribution in [3.63, 3.8) is 0 Å². The first kappa shape index (κ1) is 19.0. The number of benzene rings is 2. The number of para-hydroxylation sites is 2.